The molecule has 0 aromatic carbocycles. The average Bonchev–Trinajstić information content (AvgIpc) is 2.43. The number of thioether (sulfide) groups is 1. The molecule has 1 unspecified atom stereocenters. The van der Waals surface area contributed by atoms with Gasteiger partial charge in [-0.3, -0.25) is 5.43 Å². The van der Waals surface area contributed by atoms with Gasteiger partial charge in [0.05, 0.1) is 6.04 Å². The van der Waals surface area contributed by atoms with Gasteiger partial charge >= 0.3 is 0 Å². The Hall–Kier alpha value is -0.880. The minimum Gasteiger partial charge on any atom is -0.300 e. The van der Waals surface area contributed by atoms with E-state index in [1.807, 2.05) is 18.3 Å². The lowest BCUT2D eigenvalue weighted by Crippen LogP contribution is -2.20. The van der Waals surface area contributed by atoms with Crippen molar-refractivity contribution in [1.82, 2.24) is 20.2 Å². The second-order valence-electron chi connectivity index (χ2n) is 2.93. The molecule has 1 aliphatic heterocycles. The summed E-state index contributed by atoms with van der Waals surface area (Å²) in [6.07, 6.45) is 1.94. The SMILES string of the molecule is CSc1nnc2c(n1)C(C)N(C)N2. The highest BCUT2D eigenvalue weighted by Crippen LogP contribution is 2.30. The Labute approximate surface area is 80.9 Å². The normalized spacial score (nSPS) is 21.3. The van der Waals surface area contributed by atoms with Crippen LogP contribution in [0.15, 0.2) is 5.16 Å². The molecule has 1 aliphatic rings. The largest absolute Gasteiger partial charge is 0.300 e. The van der Waals surface area contributed by atoms with E-state index in [0.717, 1.165) is 16.7 Å². The van der Waals surface area contributed by atoms with Crippen LogP contribution >= 0.6 is 11.8 Å². The van der Waals surface area contributed by atoms with Crippen molar-refractivity contribution < 1.29 is 0 Å². The van der Waals surface area contributed by atoms with Gasteiger partial charge in [0.1, 0.15) is 5.69 Å². The number of hydrogen-bond acceptors (Lipinski definition) is 6. The van der Waals surface area contributed by atoms with Crippen molar-refractivity contribution in [3.63, 3.8) is 0 Å². The third-order valence-electron chi connectivity index (χ3n) is 2.14. The number of hydrazine groups is 1. The fourth-order valence-corrected chi connectivity index (χ4v) is 1.54. The van der Waals surface area contributed by atoms with Crippen molar-refractivity contribution in [2.75, 3.05) is 18.7 Å². The molecule has 0 saturated carbocycles. The Morgan fingerprint density at radius 2 is 2.23 bits per heavy atom. The summed E-state index contributed by atoms with van der Waals surface area (Å²) in [6.45, 7) is 2.08. The Kier molecular flexibility index (Phi) is 2.09. The lowest BCUT2D eigenvalue weighted by Gasteiger charge is -2.12. The number of aromatic nitrogens is 3. The van der Waals surface area contributed by atoms with Crippen molar-refractivity contribution in [1.29, 1.82) is 0 Å². The highest BCUT2D eigenvalue weighted by atomic mass is 32.2. The van der Waals surface area contributed by atoms with Crippen LogP contribution in [0.5, 0.6) is 0 Å². The number of anilines is 1. The van der Waals surface area contributed by atoms with Crippen molar-refractivity contribution in [3.05, 3.63) is 5.69 Å². The van der Waals surface area contributed by atoms with Crippen molar-refractivity contribution in [3.8, 4) is 0 Å². The fourth-order valence-electron chi connectivity index (χ4n) is 1.23. The molecule has 0 bridgehead atoms. The second-order valence-corrected chi connectivity index (χ2v) is 3.70. The van der Waals surface area contributed by atoms with E-state index in [1.54, 1.807) is 0 Å². The Morgan fingerprint density at radius 3 is 2.92 bits per heavy atom. The topological polar surface area (TPSA) is 53.9 Å². The molecule has 0 spiro atoms. The van der Waals surface area contributed by atoms with E-state index in [4.69, 9.17) is 0 Å². The number of nitrogens with zero attached hydrogens (tertiary/aromatic N) is 4. The summed E-state index contributed by atoms with van der Waals surface area (Å²) in [5.74, 6) is 0.771. The van der Waals surface area contributed by atoms with Gasteiger partial charge in [0.15, 0.2) is 5.82 Å². The molecule has 2 rings (SSSR count). The molecule has 0 amide bonds. The van der Waals surface area contributed by atoms with Crippen LogP contribution in [0, 0.1) is 0 Å². The first-order valence-electron chi connectivity index (χ1n) is 4.00. The van der Waals surface area contributed by atoms with E-state index in [-0.39, 0.29) is 6.04 Å². The van der Waals surface area contributed by atoms with Crippen molar-refractivity contribution >= 4 is 17.6 Å². The van der Waals surface area contributed by atoms with E-state index in [1.165, 1.54) is 11.8 Å². The first-order valence-corrected chi connectivity index (χ1v) is 5.23. The maximum atomic E-state index is 4.39. The van der Waals surface area contributed by atoms with Crippen LogP contribution in [0.1, 0.15) is 18.7 Å². The Morgan fingerprint density at radius 1 is 1.46 bits per heavy atom. The minimum atomic E-state index is 0.261. The number of hydrogen-bond donors (Lipinski definition) is 1. The zero-order chi connectivity index (χ0) is 9.42. The molecule has 1 atom stereocenters. The van der Waals surface area contributed by atoms with Gasteiger partial charge in [0.2, 0.25) is 5.16 Å². The Balaban J connectivity index is 2.42. The van der Waals surface area contributed by atoms with Crippen LogP contribution in [-0.2, 0) is 0 Å². The maximum absolute atomic E-state index is 4.39. The smallest absolute Gasteiger partial charge is 0.209 e. The van der Waals surface area contributed by atoms with Gasteiger partial charge in [0, 0.05) is 7.05 Å². The van der Waals surface area contributed by atoms with Gasteiger partial charge in [-0.2, -0.15) is 0 Å². The van der Waals surface area contributed by atoms with E-state index >= 15 is 0 Å². The first kappa shape index (κ1) is 8.71. The zero-order valence-corrected chi connectivity index (χ0v) is 8.59. The molecule has 6 heteroatoms. The van der Waals surface area contributed by atoms with Crippen LogP contribution < -0.4 is 5.43 Å². The predicted molar refractivity (Wildman–Crippen MR) is 51.4 cm³/mol. The standard InChI is InChI=1S/C7H11N5S/c1-4-5-6(11-12(4)2)9-10-7(8-5)13-3/h4H,1-3H3,(H,9,11). The number of fused-ring (bicyclic) bond motifs is 1. The summed E-state index contributed by atoms with van der Waals surface area (Å²) in [6, 6.07) is 0.261. The van der Waals surface area contributed by atoms with Crippen LogP contribution in [0.2, 0.25) is 0 Å². The third kappa shape index (κ3) is 1.36. The molecule has 1 N–H and O–H groups in total. The monoisotopic (exact) mass is 197 g/mol. The van der Waals surface area contributed by atoms with Crippen molar-refractivity contribution in [2.45, 2.75) is 18.1 Å². The van der Waals surface area contributed by atoms with E-state index < -0.39 is 0 Å². The average molecular weight is 197 g/mol. The fraction of sp³-hybridized carbons (Fsp3) is 0.571. The van der Waals surface area contributed by atoms with Gasteiger partial charge in [-0.25, -0.2) is 9.99 Å². The molecule has 0 aliphatic carbocycles. The van der Waals surface area contributed by atoms with Gasteiger partial charge < -0.3 is 0 Å². The molecule has 1 aromatic rings. The quantitative estimate of drug-likeness (QED) is 0.676. The first-order chi connectivity index (χ1) is 6.22. The number of nitrogens with one attached hydrogen (secondary N) is 1. The molecular formula is C7H11N5S. The highest BCUT2D eigenvalue weighted by Gasteiger charge is 2.26. The van der Waals surface area contributed by atoms with Gasteiger partial charge in [-0.05, 0) is 13.2 Å². The summed E-state index contributed by atoms with van der Waals surface area (Å²) in [4.78, 5) is 4.39. The molecule has 70 valence electrons. The summed E-state index contributed by atoms with van der Waals surface area (Å²) in [5.41, 5.74) is 4.06. The second kappa shape index (κ2) is 3.12. The van der Waals surface area contributed by atoms with E-state index in [9.17, 15) is 0 Å². The summed E-state index contributed by atoms with van der Waals surface area (Å²) >= 11 is 1.51. The Bertz CT molecular complexity index is 329. The van der Waals surface area contributed by atoms with Gasteiger partial charge in [0.25, 0.3) is 0 Å². The van der Waals surface area contributed by atoms with Crippen LogP contribution in [0.4, 0.5) is 5.82 Å². The lowest BCUT2D eigenvalue weighted by atomic mass is 10.2. The van der Waals surface area contributed by atoms with Crippen molar-refractivity contribution in [2.24, 2.45) is 0 Å². The van der Waals surface area contributed by atoms with Gasteiger partial charge in [-0.1, -0.05) is 11.8 Å². The minimum absolute atomic E-state index is 0.261. The lowest BCUT2D eigenvalue weighted by molar-refractivity contribution is 0.337. The molecule has 0 radical (unpaired) electrons. The number of rotatable bonds is 1. The zero-order valence-electron chi connectivity index (χ0n) is 7.77. The summed E-state index contributed by atoms with van der Waals surface area (Å²) < 4.78 is 0. The highest BCUT2D eigenvalue weighted by molar-refractivity contribution is 7.98. The molecule has 2 heterocycles. The molecular weight excluding hydrogens is 186 g/mol. The summed E-state index contributed by atoms with van der Waals surface area (Å²) in [5, 5.41) is 10.7. The molecule has 13 heavy (non-hydrogen) atoms. The van der Waals surface area contributed by atoms with Crippen LogP contribution in [0.3, 0.4) is 0 Å². The van der Waals surface area contributed by atoms with Gasteiger partial charge in [-0.15, -0.1) is 10.2 Å². The molecule has 5 nitrogen and oxygen atoms in total. The third-order valence-corrected chi connectivity index (χ3v) is 2.67. The predicted octanol–water partition coefficient (Wildman–Crippen LogP) is 0.927. The van der Waals surface area contributed by atoms with Crippen LogP contribution in [0.25, 0.3) is 0 Å². The maximum Gasteiger partial charge on any atom is 0.209 e. The molecule has 0 saturated heterocycles. The summed E-state index contributed by atoms with van der Waals surface area (Å²) in [7, 11) is 1.97. The van der Waals surface area contributed by atoms with E-state index in [0.29, 0.717) is 0 Å². The van der Waals surface area contributed by atoms with E-state index in [2.05, 4.69) is 27.5 Å². The van der Waals surface area contributed by atoms with Crippen LogP contribution in [-0.4, -0.2) is 33.5 Å². The molecule has 1 aromatic heterocycles. The molecule has 0 fully saturated rings.